The lowest BCUT2D eigenvalue weighted by Crippen LogP contribution is -2.52. The second kappa shape index (κ2) is 7.85. The summed E-state index contributed by atoms with van der Waals surface area (Å²) in [4.78, 5) is 14.3. The molecule has 0 N–H and O–H groups in total. The summed E-state index contributed by atoms with van der Waals surface area (Å²) in [6, 6.07) is 5.87. The number of anilines is 1. The van der Waals surface area contributed by atoms with Gasteiger partial charge in [-0.2, -0.15) is 0 Å². The zero-order valence-corrected chi connectivity index (χ0v) is 15.1. The van der Waals surface area contributed by atoms with Crippen LogP contribution in [0, 0.1) is 0 Å². The predicted octanol–water partition coefficient (Wildman–Crippen LogP) is 1.10. The standard InChI is InChI=1S/C16H24N2O5S/c1-4-23-15-7-5-14(6-8-15)18(24(3,20)21)13(2)16(19)17-9-11-22-12-10-17/h5-8,13H,4,9-12H2,1-3H3/t13-/m0/s1. The first-order chi connectivity index (χ1) is 11.3. The third-order valence-corrected chi connectivity index (χ3v) is 5.03. The van der Waals surface area contributed by atoms with Crippen LogP contribution in [0.2, 0.25) is 0 Å². The van der Waals surface area contributed by atoms with Gasteiger partial charge in [-0.05, 0) is 38.1 Å². The van der Waals surface area contributed by atoms with Crippen LogP contribution in [0.25, 0.3) is 0 Å². The Hall–Kier alpha value is -1.80. The zero-order valence-electron chi connectivity index (χ0n) is 14.3. The van der Waals surface area contributed by atoms with Crippen molar-refractivity contribution in [3.8, 4) is 5.75 Å². The lowest BCUT2D eigenvalue weighted by atomic mass is 10.2. The molecule has 0 unspecified atom stereocenters. The van der Waals surface area contributed by atoms with Crippen molar-refractivity contribution < 1.29 is 22.7 Å². The summed E-state index contributed by atoms with van der Waals surface area (Å²) in [5, 5.41) is 0. The number of carbonyl (C=O) groups excluding carboxylic acids is 1. The monoisotopic (exact) mass is 356 g/mol. The van der Waals surface area contributed by atoms with Gasteiger partial charge in [-0.15, -0.1) is 0 Å². The van der Waals surface area contributed by atoms with Gasteiger partial charge in [-0.25, -0.2) is 8.42 Å². The Morgan fingerprint density at radius 2 is 1.88 bits per heavy atom. The quantitative estimate of drug-likeness (QED) is 0.763. The smallest absolute Gasteiger partial charge is 0.246 e. The molecule has 1 aliphatic rings. The highest BCUT2D eigenvalue weighted by Gasteiger charge is 2.32. The van der Waals surface area contributed by atoms with Crippen molar-refractivity contribution in [1.29, 1.82) is 0 Å². The molecule has 134 valence electrons. The molecule has 1 amide bonds. The van der Waals surface area contributed by atoms with E-state index >= 15 is 0 Å². The van der Waals surface area contributed by atoms with Gasteiger partial charge in [-0.3, -0.25) is 9.10 Å². The van der Waals surface area contributed by atoms with Crippen LogP contribution in [-0.4, -0.2) is 64.4 Å². The van der Waals surface area contributed by atoms with Crippen molar-refractivity contribution in [2.75, 3.05) is 43.5 Å². The van der Waals surface area contributed by atoms with Crippen LogP contribution < -0.4 is 9.04 Å². The number of amides is 1. The first-order valence-corrected chi connectivity index (χ1v) is 9.78. The van der Waals surface area contributed by atoms with Gasteiger partial charge in [0.2, 0.25) is 15.9 Å². The van der Waals surface area contributed by atoms with E-state index in [4.69, 9.17) is 9.47 Å². The van der Waals surface area contributed by atoms with E-state index in [0.29, 0.717) is 44.3 Å². The van der Waals surface area contributed by atoms with Gasteiger partial charge in [0.05, 0.1) is 31.8 Å². The summed E-state index contributed by atoms with van der Waals surface area (Å²) in [6.07, 6.45) is 1.10. The Kier molecular flexibility index (Phi) is 6.06. The highest BCUT2D eigenvalue weighted by atomic mass is 32.2. The Bertz CT molecular complexity index is 654. The summed E-state index contributed by atoms with van der Waals surface area (Å²) < 4.78 is 36.3. The molecule has 8 heteroatoms. The molecule has 7 nitrogen and oxygen atoms in total. The number of nitrogens with zero attached hydrogens (tertiary/aromatic N) is 2. The molecule has 0 radical (unpaired) electrons. The van der Waals surface area contributed by atoms with Crippen molar-refractivity contribution in [3.05, 3.63) is 24.3 Å². The minimum atomic E-state index is -3.61. The molecule has 0 aliphatic carbocycles. The van der Waals surface area contributed by atoms with E-state index in [9.17, 15) is 13.2 Å². The zero-order chi connectivity index (χ0) is 17.7. The van der Waals surface area contributed by atoms with Crippen molar-refractivity contribution in [3.63, 3.8) is 0 Å². The molecule has 1 fully saturated rings. The van der Waals surface area contributed by atoms with E-state index in [1.54, 1.807) is 36.1 Å². The molecule has 0 bridgehead atoms. The molecule has 0 saturated carbocycles. The van der Waals surface area contributed by atoms with E-state index in [1.807, 2.05) is 6.92 Å². The van der Waals surface area contributed by atoms with E-state index < -0.39 is 16.1 Å². The topological polar surface area (TPSA) is 76.2 Å². The fourth-order valence-electron chi connectivity index (χ4n) is 2.71. The summed E-state index contributed by atoms with van der Waals surface area (Å²) in [5.41, 5.74) is 0.440. The number of hydrogen-bond acceptors (Lipinski definition) is 5. The van der Waals surface area contributed by atoms with E-state index in [2.05, 4.69) is 0 Å². The molecular formula is C16H24N2O5S. The van der Waals surface area contributed by atoms with Crippen molar-refractivity contribution in [2.45, 2.75) is 19.9 Å². The number of rotatable bonds is 6. The van der Waals surface area contributed by atoms with Gasteiger partial charge in [0.25, 0.3) is 0 Å². The fraction of sp³-hybridized carbons (Fsp3) is 0.562. The van der Waals surface area contributed by atoms with Gasteiger partial charge in [0, 0.05) is 13.1 Å². The maximum Gasteiger partial charge on any atom is 0.246 e. The van der Waals surface area contributed by atoms with Gasteiger partial charge >= 0.3 is 0 Å². The lowest BCUT2D eigenvalue weighted by Gasteiger charge is -2.34. The normalized spacial score (nSPS) is 16.5. The van der Waals surface area contributed by atoms with Gasteiger partial charge < -0.3 is 14.4 Å². The van der Waals surface area contributed by atoms with Crippen LogP contribution in [0.4, 0.5) is 5.69 Å². The first kappa shape index (κ1) is 18.5. The molecule has 1 aromatic rings. The average Bonchev–Trinajstić information content (AvgIpc) is 2.55. The van der Waals surface area contributed by atoms with E-state index in [-0.39, 0.29) is 5.91 Å². The number of sulfonamides is 1. The van der Waals surface area contributed by atoms with Gasteiger partial charge in [0.15, 0.2) is 0 Å². The van der Waals surface area contributed by atoms with Crippen molar-refractivity contribution >= 4 is 21.6 Å². The summed E-state index contributed by atoms with van der Waals surface area (Å²) in [7, 11) is -3.61. The van der Waals surface area contributed by atoms with Crippen LogP contribution in [0.5, 0.6) is 5.75 Å². The van der Waals surface area contributed by atoms with E-state index in [1.165, 1.54) is 0 Å². The molecule has 2 rings (SSSR count). The molecular weight excluding hydrogens is 332 g/mol. The number of benzene rings is 1. The SMILES string of the molecule is CCOc1ccc(N([C@@H](C)C(=O)N2CCOCC2)S(C)(=O)=O)cc1. The largest absolute Gasteiger partial charge is 0.494 e. The molecule has 1 atom stereocenters. The third kappa shape index (κ3) is 4.39. The molecule has 1 saturated heterocycles. The van der Waals surface area contributed by atoms with Crippen molar-refractivity contribution in [1.82, 2.24) is 4.90 Å². The van der Waals surface area contributed by atoms with Gasteiger partial charge in [-0.1, -0.05) is 0 Å². The molecule has 0 spiro atoms. The van der Waals surface area contributed by atoms with E-state index in [0.717, 1.165) is 10.6 Å². The average molecular weight is 356 g/mol. The molecule has 1 aromatic carbocycles. The van der Waals surface area contributed by atoms with Gasteiger partial charge in [0.1, 0.15) is 11.8 Å². The predicted molar refractivity (Wildman–Crippen MR) is 91.8 cm³/mol. The number of hydrogen-bond donors (Lipinski definition) is 0. The second-order valence-electron chi connectivity index (χ2n) is 5.60. The molecule has 1 aliphatic heterocycles. The number of morpholine rings is 1. The Morgan fingerprint density at radius 3 is 2.38 bits per heavy atom. The summed E-state index contributed by atoms with van der Waals surface area (Å²) in [6.45, 7) is 5.91. The second-order valence-corrected chi connectivity index (χ2v) is 7.46. The number of carbonyl (C=O) groups is 1. The van der Waals surface area contributed by atoms with Crippen LogP contribution in [0.3, 0.4) is 0 Å². The highest BCUT2D eigenvalue weighted by molar-refractivity contribution is 7.92. The van der Waals surface area contributed by atoms with Crippen LogP contribution in [0.1, 0.15) is 13.8 Å². The maximum atomic E-state index is 12.7. The van der Waals surface area contributed by atoms with Crippen molar-refractivity contribution in [2.24, 2.45) is 0 Å². The van der Waals surface area contributed by atoms with Crippen LogP contribution >= 0.6 is 0 Å². The molecule has 1 heterocycles. The maximum absolute atomic E-state index is 12.7. The Labute approximate surface area is 143 Å². The lowest BCUT2D eigenvalue weighted by molar-refractivity contribution is -0.136. The Morgan fingerprint density at radius 1 is 1.29 bits per heavy atom. The fourth-order valence-corrected chi connectivity index (χ4v) is 3.88. The highest BCUT2D eigenvalue weighted by Crippen LogP contribution is 2.24. The summed E-state index contributed by atoms with van der Waals surface area (Å²) >= 11 is 0. The molecule has 24 heavy (non-hydrogen) atoms. The Balaban J connectivity index is 2.26. The minimum absolute atomic E-state index is 0.224. The minimum Gasteiger partial charge on any atom is -0.494 e. The van der Waals surface area contributed by atoms with Crippen LogP contribution in [0.15, 0.2) is 24.3 Å². The number of ether oxygens (including phenoxy) is 2. The summed E-state index contributed by atoms with van der Waals surface area (Å²) in [5.74, 6) is 0.430. The van der Waals surface area contributed by atoms with Crippen LogP contribution in [-0.2, 0) is 19.6 Å². The first-order valence-electron chi connectivity index (χ1n) is 7.93. The molecule has 0 aromatic heterocycles. The third-order valence-electron chi connectivity index (χ3n) is 3.79.